The maximum absolute atomic E-state index is 10.8. The first-order chi connectivity index (χ1) is 9.20. The number of rotatable bonds is 6. The number of ether oxygens (including phenoxy) is 1. The van der Waals surface area contributed by atoms with Gasteiger partial charge in [-0.05, 0) is 11.4 Å². The highest BCUT2D eigenvalue weighted by Crippen LogP contribution is 2.24. The zero-order chi connectivity index (χ0) is 13.7. The van der Waals surface area contributed by atoms with Crippen LogP contribution < -0.4 is 10.1 Å². The van der Waals surface area contributed by atoms with Crippen molar-refractivity contribution in [2.45, 2.75) is 6.42 Å². The first kappa shape index (κ1) is 13.2. The van der Waals surface area contributed by atoms with Gasteiger partial charge in [-0.2, -0.15) is 4.98 Å². The third-order valence-corrected chi connectivity index (χ3v) is 3.26. The Balaban J connectivity index is 2.06. The van der Waals surface area contributed by atoms with E-state index in [1.807, 2.05) is 17.5 Å². The van der Waals surface area contributed by atoms with Crippen molar-refractivity contribution in [2.75, 3.05) is 19.0 Å². The fourth-order valence-electron chi connectivity index (χ4n) is 1.41. The number of aromatic nitrogens is 2. The Morgan fingerprint density at radius 2 is 2.42 bits per heavy atom. The third-order valence-electron chi connectivity index (χ3n) is 2.32. The molecule has 7 nitrogen and oxygen atoms in total. The number of nitrogens with one attached hydrogen (secondary N) is 1. The molecule has 0 saturated heterocycles. The molecule has 19 heavy (non-hydrogen) atoms. The van der Waals surface area contributed by atoms with Crippen molar-refractivity contribution in [1.82, 2.24) is 9.97 Å². The molecule has 0 aliphatic heterocycles. The molecule has 2 heterocycles. The van der Waals surface area contributed by atoms with Crippen LogP contribution in [0.25, 0.3) is 0 Å². The van der Waals surface area contributed by atoms with Gasteiger partial charge in [0.15, 0.2) is 0 Å². The zero-order valence-electron chi connectivity index (χ0n) is 10.2. The minimum Gasteiger partial charge on any atom is -0.472 e. The van der Waals surface area contributed by atoms with Gasteiger partial charge in [-0.3, -0.25) is 10.1 Å². The van der Waals surface area contributed by atoms with Gasteiger partial charge >= 0.3 is 5.69 Å². The third kappa shape index (κ3) is 3.38. The van der Waals surface area contributed by atoms with Crippen LogP contribution in [-0.2, 0) is 6.42 Å². The van der Waals surface area contributed by atoms with Crippen LogP contribution in [0.2, 0.25) is 0 Å². The first-order valence-corrected chi connectivity index (χ1v) is 6.43. The first-order valence-electron chi connectivity index (χ1n) is 5.55. The molecular weight excluding hydrogens is 268 g/mol. The van der Waals surface area contributed by atoms with E-state index >= 15 is 0 Å². The van der Waals surface area contributed by atoms with Crippen molar-refractivity contribution in [2.24, 2.45) is 0 Å². The highest BCUT2D eigenvalue weighted by molar-refractivity contribution is 7.09. The second-order valence-corrected chi connectivity index (χ2v) is 4.60. The lowest BCUT2D eigenvalue weighted by Crippen LogP contribution is -2.07. The monoisotopic (exact) mass is 280 g/mol. The molecule has 0 saturated carbocycles. The minimum absolute atomic E-state index is 0.0130. The summed E-state index contributed by atoms with van der Waals surface area (Å²) in [6.45, 7) is 0.335. The number of anilines is 1. The summed E-state index contributed by atoms with van der Waals surface area (Å²) >= 11 is 1.62. The second-order valence-electron chi connectivity index (χ2n) is 3.57. The quantitative estimate of drug-likeness (QED) is 0.643. The summed E-state index contributed by atoms with van der Waals surface area (Å²) in [5.41, 5.74) is -0.231. The van der Waals surface area contributed by atoms with Gasteiger partial charge in [0, 0.05) is 18.3 Å². The van der Waals surface area contributed by atoms with Gasteiger partial charge in [0.05, 0.1) is 11.5 Å². The van der Waals surface area contributed by atoms with E-state index in [4.69, 9.17) is 4.74 Å². The molecule has 0 atom stereocenters. The Bertz CT molecular complexity index is 559. The van der Waals surface area contributed by atoms with E-state index in [2.05, 4.69) is 15.3 Å². The maximum atomic E-state index is 10.8. The Morgan fingerprint density at radius 1 is 1.58 bits per heavy atom. The fraction of sp³-hybridized carbons (Fsp3) is 0.273. The molecule has 0 amide bonds. The van der Waals surface area contributed by atoms with E-state index in [9.17, 15) is 10.1 Å². The number of hydrogen-bond acceptors (Lipinski definition) is 7. The largest absolute Gasteiger partial charge is 0.472 e. The Morgan fingerprint density at radius 3 is 3.05 bits per heavy atom. The highest BCUT2D eigenvalue weighted by Gasteiger charge is 2.18. The molecular formula is C11H12N4O3S. The van der Waals surface area contributed by atoms with Crippen molar-refractivity contribution in [3.8, 4) is 5.88 Å². The number of hydrogen-bond donors (Lipinski definition) is 1. The fourth-order valence-corrected chi connectivity index (χ4v) is 2.11. The zero-order valence-corrected chi connectivity index (χ0v) is 11.0. The molecule has 100 valence electrons. The average Bonchev–Trinajstić information content (AvgIpc) is 2.91. The Kier molecular flexibility index (Phi) is 4.24. The van der Waals surface area contributed by atoms with E-state index in [-0.39, 0.29) is 17.5 Å². The summed E-state index contributed by atoms with van der Waals surface area (Å²) in [6, 6.07) is 3.94. The van der Waals surface area contributed by atoms with Crippen LogP contribution in [0.3, 0.4) is 0 Å². The molecule has 0 unspecified atom stereocenters. The molecule has 2 aromatic heterocycles. The highest BCUT2D eigenvalue weighted by atomic mass is 32.1. The number of nitrogens with zero attached hydrogens (tertiary/aromatic N) is 3. The molecule has 0 aliphatic rings. The van der Waals surface area contributed by atoms with E-state index in [0.29, 0.717) is 13.0 Å². The maximum Gasteiger partial charge on any atom is 0.349 e. The van der Waals surface area contributed by atoms with Crippen LogP contribution in [0.1, 0.15) is 4.88 Å². The second kappa shape index (κ2) is 6.10. The van der Waals surface area contributed by atoms with Crippen LogP contribution in [0.5, 0.6) is 5.88 Å². The molecule has 0 spiro atoms. The van der Waals surface area contributed by atoms with Gasteiger partial charge < -0.3 is 10.1 Å². The molecule has 0 aliphatic carbocycles. The summed E-state index contributed by atoms with van der Waals surface area (Å²) in [5.74, 6) is 0.276. The topological polar surface area (TPSA) is 90.2 Å². The normalized spacial score (nSPS) is 10.2. The van der Waals surface area contributed by atoms with Crippen molar-refractivity contribution in [3.05, 3.63) is 38.7 Å². The molecule has 2 aromatic rings. The molecule has 0 bridgehead atoms. The molecule has 0 fully saturated rings. The van der Waals surface area contributed by atoms with Gasteiger partial charge in [-0.15, -0.1) is 11.3 Å². The van der Waals surface area contributed by atoms with Crippen LogP contribution in [0.4, 0.5) is 11.6 Å². The van der Waals surface area contributed by atoms with E-state index in [1.54, 1.807) is 18.4 Å². The lowest BCUT2D eigenvalue weighted by atomic mass is 10.4. The van der Waals surface area contributed by atoms with Crippen LogP contribution >= 0.6 is 11.3 Å². The smallest absolute Gasteiger partial charge is 0.349 e. The minimum atomic E-state index is -0.556. The average molecular weight is 280 g/mol. The van der Waals surface area contributed by atoms with Crippen molar-refractivity contribution in [3.63, 3.8) is 0 Å². The number of nitro groups is 1. The van der Waals surface area contributed by atoms with Crippen LogP contribution in [0, 0.1) is 10.1 Å². The Labute approximate surface area is 113 Å². The summed E-state index contributed by atoms with van der Waals surface area (Å²) in [5, 5.41) is 15.5. The van der Waals surface area contributed by atoms with E-state index in [1.165, 1.54) is 0 Å². The summed E-state index contributed by atoms with van der Waals surface area (Å²) in [7, 11) is 1.64. The van der Waals surface area contributed by atoms with Gasteiger partial charge in [-0.25, -0.2) is 4.98 Å². The van der Waals surface area contributed by atoms with Gasteiger partial charge in [0.1, 0.15) is 6.20 Å². The Hall–Kier alpha value is -2.22. The molecule has 8 heteroatoms. The summed E-state index contributed by atoms with van der Waals surface area (Å²) in [4.78, 5) is 19.2. The van der Waals surface area contributed by atoms with E-state index < -0.39 is 4.92 Å². The summed E-state index contributed by atoms with van der Waals surface area (Å²) in [6.07, 6.45) is 1.83. The van der Waals surface area contributed by atoms with Gasteiger partial charge in [0.25, 0.3) is 5.88 Å². The van der Waals surface area contributed by atoms with E-state index in [0.717, 1.165) is 11.1 Å². The SMILES string of the molecule is CNc1ncc([N+](=O)[O-])c(OCCc2cccs2)n1. The molecule has 0 radical (unpaired) electrons. The molecule has 1 N–H and O–H groups in total. The lowest BCUT2D eigenvalue weighted by molar-refractivity contribution is -0.386. The molecule has 0 aromatic carbocycles. The lowest BCUT2D eigenvalue weighted by Gasteiger charge is -2.06. The van der Waals surface area contributed by atoms with Gasteiger partial charge in [-0.1, -0.05) is 6.07 Å². The van der Waals surface area contributed by atoms with Crippen molar-refractivity contribution in [1.29, 1.82) is 0 Å². The predicted molar refractivity (Wildman–Crippen MR) is 71.8 cm³/mol. The number of thiophene rings is 1. The van der Waals surface area contributed by atoms with Crippen molar-refractivity contribution < 1.29 is 9.66 Å². The summed E-state index contributed by atoms with van der Waals surface area (Å²) < 4.78 is 5.39. The predicted octanol–water partition coefficient (Wildman–Crippen LogP) is 2.11. The van der Waals surface area contributed by atoms with Crippen LogP contribution in [0.15, 0.2) is 23.7 Å². The standard InChI is InChI=1S/C11H12N4O3S/c1-12-11-13-7-9(15(16)17)10(14-11)18-5-4-8-3-2-6-19-8/h2-3,6-7H,4-5H2,1H3,(H,12,13,14). The van der Waals surface area contributed by atoms with Gasteiger partial charge in [0.2, 0.25) is 5.95 Å². The van der Waals surface area contributed by atoms with Crippen LogP contribution in [-0.4, -0.2) is 28.5 Å². The van der Waals surface area contributed by atoms with Crippen molar-refractivity contribution >= 4 is 23.0 Å². The molecule has 2 rings (SSSR count).